The zero-order valence-corrected chi connectivity index (χ0v) is 15.2. The predicted octanol–water partition coefficient (Wildman–Crippen LogP) is 2.60. The summed E-state index contributed by atoms with van der Waals surface area (Å²) in [6.45, 7) is 3.82. The molecule has 5 nitrogen and oxygen atoms in total. The van der Waals surface area contributed by atoms with Crippen LogP contribution in [0.4, 0.5) is 5.13 Å². The smallest absolute Gasteiger partial charge is 0.296 e. The molecule has 0 saturated carbocycles. The van der Waals surface area contributed by atoms with Crippen molar-refractivity contribution in [1.29, 1.82) is 0 Å². The Morgan fingerprint density at radius 1 is 1.32 bits per heavy atom. The molecule has 2 heterocycles. The van der Waals surface area contributed by atoms with E-state index in [-0.39, 0.29) is 11.9 Å². The lowest BCUT2D eigenvalue weighted by Gasteiger charge is -2.31. The van der Waals surface area contributed by atoms with Crippen LogP contribution in [0.5, 0.6) is 5.75 Å². The Hall–Kier alpha value is -2.52. The van der Waals surface area contributed by atoms with Crippen molar-refractivity contribution >= 4 is 22.4 Å². The van der Waals surface area contributed by atoms with E-state index in [0.29, 0.717) is 0 Å². The number of rotatable bonds is 3. The third-order valence-electron chi connectivity index (χ3n) is 4.12. The highest BCUT2D eigenvalue weighted by molar-refractivity contribution is 7.13. The topological polar surface area (TPSA) is 54.5 Å². The molecule has 0 radical (unpaired) electrons. The summed E-state index contributed by atoms with van der Waals surface area (Å²) < 4.78 is 5.10. The summed E-state index contributed by atoms with van der Waals surface area (Å²) in [7, 11) is 1.62. The summed E-state index contributed by atoms with van der Waals surface area (Å²) in [5.74, 6) is 6.10. The number of aryl methyl sites for hydroxylation is 1. The molecule has 1 N–H and O–H groups in total. The minimum Gasteiger partial charge on any atom is -0.497 e. The van der Waals surface area contributed by atoms with Gasteiger partial charge in [-0.2, -0.15) is 0 Å². The second kappa shape index (κ2) is 8.04. The summed E-state index contributed by atoms with van der Waals surface area (Å²) in [5.41, 5.74) is 1.86. The number of piperidine rings is 1. The Morgan fingerprint density at radius 3 is 2.64 bits per heavy atom. The molecular formula is C19H21N3O2S. The van der Waals surface area contributed by atoms with Crippen LogP contribution in [0.2, 0.25) is 0 Å². The molecule has 0 spiro atoms. The second-order valence-corrected chi connectivity index (χ2v) is 6.82. The third kappa shape index (κ3) is 4.74. The number of nitrogens with one attached hydrogen (secondary N) is 1. The Labute approximate surface area is 152 Å². The Kier molecular flexibility index (Phi) is 5.56. The van der Waals surface area contributed by atoms with Crippen molar-refractivity contribution in [2.75, 3.05) is 25.1 Å². The van der Waals surface area contributed by atoms with Gasteiger partial charge in [0.2, 0.25) is 0 Å². The zero-order valence-electron chi connectivity index (χ0n) is 14.4. The molecule has 1 aliphatic heterocycles. The van der Waals surface area contributed by atoms with Crippen LogP contribution in [-0.2, 0) is 4.79 Å². The number of anilines is 1. The first-order valence-electron chi connectivity index (χ1n) is 8.27. The minimum atomic E-state index is -0.223. The van der Waals surface area contributed by atoms with Crippen LogP contribution in [-0.4, -0.2) is 37.1 Å². The number of amides is 1. The molecule has 25 heavy (non-hydrogen) atoms. The molecule has 0 bridgehead atoms. The maximum absolute atomic E-state index is 12.0. The van der Waals surface area contributed by atoms with E-state index in [0.717, 1.165) is 48.1 Å². The highest BCUT2D eigenvalue weighted by Crippen LogP contribution is 2.23. The maximum Gasteiger partial charge on any atom is 0.296 e. The minimum absolute atomic E-state index is 0.176. The molecule has 3 rings (SSSR count). The number of benzene rings is 1. The van der Waals surface area contributed by atoms with Gasteiger partial charge in [-0.05, 0) is 44.0 Å². The van der Waals surface area contributed by atoms with Gasteiger partial charge in [0.1, 0.15) is 5.75 Å². The predicted molar refractivity (Wildman–Crippen MR) is 100 cm³/mol. The molecule has 2 aromatic rings. The molecule has 6 heteroatoms. The fourth-order valence-electron chi connectivity index (χ4n) is 2.73. The van der Waals surface area contributed by atoms with Gasteiger partial charge in [0.25, 0.3) is 5.91 Å². The highest BCUT2D eigenvalue weighted by atomic mass is 32.1. The summed E-state index contributed by atoms with van der Waals surface area (Å²) in [5, 5.41) is 6.15. The molecule has 130 valence electrons. The Balaban J connectivity index is 1.48. The average molecular weight is 355 g/mol. The average Bonchev–Trinajstić information content (AvgIpc) is 3.07. The molecular weight excluding hydrogens is 334 g/mol. The lowest BCUT2D eigenvalue weighted by Crippen LogP contribution is -2.44. The van der Waals surface area contributed by atoms with Crippen LogP contribution in [0.3, 0.4) is 0 Å². The quantitative estimate of drug-likeness (QED) is 0.860. The van der Waals surface area contributed by atoms with Gasteiger partial charge in [-0.1, -0.05) is 5.92 Å². The molecule has 1 amide bonds. The van der Waals surface area contributed by atoms with E-state index in [2.05, 4.69) is 32.4 Å². The van der Waals surface area contributed by atoms with Gasteiger partial charge in [0, 0.05) is 36.0 Å². The maximum atomic E-state index is 12.0. The molecule has 1 saturated heterocycles. The second-order valence-electron chi connectivity index (χ2n) is 5.98. The van der Waals surface area contributed by atoms with Crippen molar-refractivity contribution in [2.24, 2.45) is 0 Å². The molecule has 0 atom stereocenters. The van der Waals surface area contributed by atoms with E-state index < -0.39 is 0 Å². The van der Waals surface area contributed by atoms with Crippen molar-refractivity contribution in [3.05, 3.63) is 40.9 Å². The number of methoxy groups -OCH3 is 1. The van der Waals surface area contributed by atoms with Crippen LogP contribution < -0.4 is 15.0 Å². The van der Waals surface area contributed by atoms with E-state index in [1.54, 1.807) is 18.4 Å². The van der Waals surface area contributed by atoms with Gasteiger partial charge in [-0.25, -0.2) is 4.98 Å². The number of hydrogen-bond acceptors (Lipinski definition) is 5. The number of thiazole rings is 1. The number of ether oxygens (including phenoxy) is 1. The number of aromatic nitrogens is 1. The van der Waals surface area contributed by atoms with Gasteiger partial charge in [0.05, 0.1) is 12.8 Å². The summed E-state index contributed by atoms with van der Waals surface area (Å²) >= 11 is 1.68. The number of nitrogens with zero attached hydrogens (tertiary/aromatic N) is 2. The normalized spacial score (nSPS) is 14.6. The van der Waals surface area contributed by atoms with Crippen LogP contribution in [0.25, 0.3) is 0 Å². The largest absolute Gasteiger partial charge is 0.497 e. The SMILES string of the molecule is COc1ccc(C#CC(=O)NC2CCN(c3nc(C)cs3)CC2)cc1. The molecule has 1 fully saturated rings. The van der Waals surface area contributed by atoms with Gasteiger partial charge in [0.15, 0.2) is 5.13 Å². The van der Waals surface area contributed by atoms with Crippen LogP contribution in [0, 0.1) is 18.8 Å². The molecule has 1 aromatic heterocycles. The molecule has 0 unspecified atom stereocenters. The summed E-state index contributed by atoms with van der Waals surface area (Å²) in [6, 6.07) is 7.52. The number of hydrogen-bond donors (Lipinski definition) is 1. The summed E-state index contributed by atoms with van der Waals surface area (Å²) in [6.07, 6.45) is 1.82. The zero-order chi connectivity index (χ0) is 17.6. The lowest BCUT2D eigenvalue weighted by molar-refractivity contribution is -0.116. The molecule has 1 aliphatic rings. The Morgan fingerprint density at radius 2 is 2.04 bits per heavy atom. The van der Waals surface area contributed by atoms with Crippen molar-refractivity contribution in [3.63, 3.8) is 0 Å². The fraction of sp³-hybridized carbons (Fsp3) is 0.368. The monoisotopic (exact) mass is 355 g/mol. The van der Waals surface area contributed by atoms with Gasteiger partial charge < -0.3 is 15.0 Å². The standard InChI is InChI=1S/C19H21N3O2S/c1-14-13-25-19(20-14)22-11-9-16(10-12-22)21-18(23)8-5-15-3-6-17(24-2)7-4-15/h3-4,6-7,13,16H,9-12H2,1-2H3,(H,21,23). The van der Waals surface area contributed by atoms with Crippen LogP contribution in [0.1, 0.15) is 24.1 Å². The van der Waals surface area contributed by atoms with Crippen molar-refractivity contribution in [1.82, 2.24) is 10.3 Å². The van der Waals surface area contributed by atoms with Crippen molar-refractivity contribution in [3.8, 4) is 17.6 Å². The lowest BCUT2D eigenvalue weighted by atomic mass is 10.1. The van der Waals surface area contributed by atoms with Gasteiger partial charge in [-0.15, -0.1) is 11.3 Å². The number of carbonyl (C=O) groups is 1. The molecule has 1 aromatic carbocycles. The summed E-state index contributed by atoms with van der Waals surface area (Å²) in [4.78, 5) is 18.8. The number of carbonyl (C=O) groups excluding carboxylic acids is 1. The highest BCUT2D eigenvalue weighted by Gasteiger charge is 2.21. The van der Waals surface area contributed by atoms with E-state index in [9.17, 15) is 4.79 Å². The van der Waals surface area contributed by atoms with Crippen LogP contribution >= 0.6 is 11.3 Å². The first-order chi connectivity index (χ1) is 12.1. The Bertz CT molecular complexity index is 781. The fourth-order valence-corrected chi connectivity index (χ4v) is 3.58. The van der Waals surface area contributed by atoms with E-state index in [1.165, 1.54) is 0 Å². The van der Waals surface area contributed by atoms with E-state index >= 15 is 0 Å². The first-order valence-corrected chi connectivity index (χ1v) is 9.15. The van der Waals surface area contributed by atoms with Gasteiger partial charge >= 0.3 is 0 Å². The van der Waals surface area contributed by atoms with Crippen LogP contribution in [0.15, 0.2) is 29.6 Å². The van der Waals surface area contributed by atoms with Crippen molar-refractivity contribution < 1.29 is 9.53 Å². The third-order valence-corrected chi connectivity index (χ3v) is 5.14. The molecule has 0 aliphatic carbocycles. The van der Waals surface area contributed by atoms with E-state index in [4.69, 9.17) is 4.74 Å². The van der Waals surface area contributed by atoms with Gasteiger partial charge in [-0.3, -0.25) is 4.79 Å². The van der Waals surface area contributed by atoms with E-state index in [1.807, 2.05) is 31.2 Å². The van der Waals surface area contributed by atoms with Crippen molar-refractivity contribution in [2.45, 2.75) is 25.8 Å². The first kappa shape index (κ1) is 17.3.